The number of amides is 1. The van der Waals surface area contributed by atoms with E-state index < -0.39 is 0 Å². The molecule has 1 amide bonds. The summed E-state index contributed by atoms with van der Waals surface area (Å²) in [6, 6.07) is 4.11. The minimum Gasteiger partial charge on any atom is -0.495 e. The molecule has 0 aromatic heterocycles. The second kappa shape index (κ2) is 8.03. The molecule has 1 aromatic carbocycles. The van der Waals surface area contributed by atoms with Crippen molar-refractivity contribution >= 4 is 43.5 Å². The summed E-state index contributed by atoms with van der Waals surface area (Å²) in [5.74, 6) is 0.768. The van der Waals surface area contributed by atoms with E-state index >= 15 is 0 Å². The number of hydrogen-bond donors (Lipinski definition) is 2. The maximum Gasteiger partial charge on any atom is 0.239 e. The Balaban J connectivity index is 1.88. The van der Waals surface area contributed by atoms with Crippen LogP contribution in [0.25, 0.3) is 0 Å². The average Bonchev–Trinajstić information content (AvgIpc) is 2.47. The molecule has 0 spiro atoms. The highest BCUT2D eigenvalue weighted by Crippen LogP contribution is 2.34. The van der Waals surface area contributed by atoms with Crippen molar-refractivity contribution in [3.8, 4) is 5.75 Å². The zero-order chi connectivity index (χ0) is 15.2. The van der Waals surface area contributed by atoms with Crippen LogP contribution in [0.15, 0.2) is 21.1 Å². The van der Waals surface area contributed by atoms with E-state index in [4.69, 9.17) is 4.74 Å². The molecule has 0 aliphatic heterocycles. The first-order valence-electron chi connectivity index (χ1n) is 7.16. The Bertz CT molecular complexity index is 503. The molecular formula is C15H20Br2N2O2. The third-order valence-electron chi connectivity index (χ3n) is 3.65. The smallest absolute Gasteiger partial charge is 0.239 e. The van der Waals surface area contributed by atoms with E-state index in [9.17, 15) is 4.79 Å². The summed E-state index contributed by atoms with van der Waals surface area (Å²) in [5.41, 5.74) is 0.842. The lowest BCUT2D eigenvalue weighted by molar-refractivity contribution is -0.120. The predicted molar refractivity (Wildman–Crippen MR) is 91.9 cm³/mol. The molecule has 1 aliphatic carbocycles. The van der Waals surface area contributed by atoms with Gasteiger partial charge >= 0.3 is 0 Å². The number of rotatable bonds is 5. The van der Waals surface area contributed by atoms with Gasteiger partial charge in [0.1, 0.15) is 5.75 Å². The van der Waals surface area contributed by atoms with Gasteiger partial charge in [-0.1, -0.05) is 19.3 Å². The number of methoxy groups -OCH3 is 1. The summed E-state index contributed by atoms with van der Waals surface area (Å²) in [6.07, 6.45) is 5.92. The molecule has 116 valence electrons. The van der Waals surface area contributed by atoms with Crippen LogP contribution >= 0.6 is 31.9 Å². The largest absolute Gasteiger partial charge is 0.495 e. The van der Waals surface area contributed by atoms with Gasteiger partial charge in [-0.2, -0.15) is 0 Å². The fourth-order valence-electron chi connectivity index (χ4n) is 2.52. The number of halogens is 2. The van der Waals surface area contributed by atoms with Gasteiger partial charge in [0.2, 0.25) is 5.91 Å². The minimum absolute atomic E-state index is 0.0377. The summed E-state index contributed by atoms with van der Waals surface area (Å²) in [5, 5.41) is 6.24. The zero-order valence-electron chi connectivity index (χ0n) is 12.0. The van der Waals surface area contributed by atoms with Crippen molar-refractivity contribution in [2.45, 2.75) is 38.1 Å². The molecule has 0 atom stereocenters. The number of ether oxygens (including phenoxy) is 1. The highest BCUT2D eigenvalue weighted by molar-refractivity contribution is 9.11. The van der Waals surface area contributed by atoms with Crippen molar-refractivity contribution in [1.29, 1.82) is 0 Å². The first-order chi connectivity index (χ1) is 10.1. The molecule has 1 saturated carbocycles. The molecule has 0 heterocycles. The van der Waals surface area contributed by atoms with Crippen molar-refractivity contribution < 1.29 is 9.53 Å². The van der Waals surface area contributed by atoms with Crippen molar-refractivity contribution in [2.75, 3.05) is 19.0 Å². The van der Waals surface area contributed by atoms with Crippen molar-refractivity contribution in [3.05, 3.63) is 21.1 Å². The highest BCUT2D eigenvalue weighted by atomic mass is 79.9. The molecule has 4 nitrogen and oxygen atoms in total. The fourth-order valence-corrected chi connectivity index (χ4v) is 3.82. The average molecular weight is 420 g/mol. The lowest BCUT2D eigenvalue weighted by Gasteiger charge is -2.23. The quantitative estimate of drug-likeness (QED) is 0.755. The van der Waals surface area contributed by atoms with Gasteiger partial charge in [0, 0.05) is 16.6 Å². The summed E-state index contributed by atoms with van der Waals surface area (Å²) >= 11 is 6.90. The summed E-state index contributed by atoms with van der Waals surface area (Å²) in [4.78, 5) is 12.0. The van der Waals surface area contributed by atoms with Gasteiger partial charge in [-0.15, -0.1) is 0 Å². The number of carbonyl (C=O) groups excluding carboxylic acids is 1. The normalized spacial score (nSPS) is 15.6. The number of carbonyl (C=O) groups is 1. The molecule has 1 aliphatic rings. The van der Waals surface area contributed by atoms with E-state index in [1.165, 1.54) is 19.3 Å². The Labute approximate surface area is 142 Å². The van der Waals surface area contributed by atoms with Crippen LogP contribution in [-0.4, -0.2) is 25.6 Å². The Kier molecular flexibility index (Phi) is 6.36. The van der Waals surface area contributed by atoms with E-state index in [1.807, 2.05) is 12.1 Å². The third-order valence-corrected chi connectivity index (χ3v) is 4.93. The fraction of sp³-hybridized carbons (Fsp3) is 0.533. The molecule has 21 heavy (non-hydrogen) atoms. The molecular weight excluding hydrogens is 400 g/mol. The maximum absolute atomic E-state index is 12.0. The van der Waals surface area contributed by atoms with Crippen molar-refractivity contribution in [3.63, 3.8) is 0 Å². The molecule has 1 aromatic rings. The first kappa shape index (κ1) is 16.6. The van der Waals surface area contributed by atoms with Gasteiger partial charge in [-0.25, -0.2) is 0 Å². The Morgan fingerprint density at radius 1 is 1.24 bits per heavy atom. The van der Waals surface area contributed by atoms with Gasteiger partial charge in [-0.05, 0) is 50.8 Å². The summed E-state index contributed by atoms with van der Waals surface area (Å²) in [7, 11) is 1.62. The Hall–Kier alpha value is -0.750. The topological polar surface area (TPSA) is 50.4 Å². The van der Waals surface area contributed by atoms with Gasteiger partial charge in [-0.3, -0.25) is 4.79 Å². The zero-order valence-corrected chi connectivity index (χ0v) is 15.2. The van der Waals surface area contributed by atoms with Crippen LogP contribution in [-0.2, 0) is 4.79 Å². The standard InChI is InChI=1S/C15H20Br2N2O2/c1-21-14-8-13(11(16)7-12(14)17)18-9-15(20)19-10-5-3-2-4-6-10/h7-8,10,18H,2-6,9H2,1H3,(H,19,20). The summed E-state index contributed by atoms with van der Waals surface area (Å²) in [6.45, 7) is 0.264. The monoisotopic (exact) mass is 418 g/mol. The van der Waals surface area contributed by atoms with Crippen LogP contribution < -0.4 is 15.4 Å². The Morgan fingerprint density at radius 3 is 2.62 bits per heavy atom. The molecule has 1 fully saturated rings. The van der Waals surface area contributed by atoms with Crippen molar-refractivity contribution in [1.82, 2.24) is 5.32 Å². The van der Waals surface area contributed by atoms with Crippen molar-refractivity contribution in [2.24, 2.45) is 0 Å². The maximum atomic E-state index is 12.0. The van der Waals surface area contributed by atoms with Crippen LogP contribution in [0.2, 0.25) is 0 Å². The van der Waals surface area contributed by atoms with E-state index in [2.05, 4.69) is 42.5 Å². The van der Waals surface area contributed by atoms with Gasteiger partial charge in [0.05, 0.1) is 23.8 Å². The van der Waals surface area contributed by atoms with Gasteiger partial charge < -0.3 is 15.4 Å². The summed E-state index contributed by atoms with van der Waals surface area (Å²) < 4.78 is 7.02. The Morgan fingerprint density at radius 2 is 1.95 bits per heavy atom. The van der Waals surface area contributed by atoms with E-state index in [1.54, 1.807) is 7.11 Å². The van der Waals surface area contributed by atoms with Gasteiger partial charge in [0.25, 0.3) is 0 Å². The van der Waals surface area contributed by atoms with E-state index in [-0.39, 0.29) is 12.5 Å². The second-order valence-electron chi connectivity index (χ2n) is 5.22. The SMILES string of the molecule is COc1cc(NCC(=O)NC2CCCCC2)c(Br)cc1Br. The lowest BCUT2D eigenvalue weighted by atomic mass is 9.95. The van der Waals surface area contributed by atoms with Crippen LogP contribution in [0.4, 0.5) is 5.69 Å². The number of anilines is 1. The molecule has 2 N–H and O–H groups in total. The minimum atomic E-state index is 0.0377. The first-order valence-corrected chi connectivity index (χ1v) is 8.75. The van der Waals surface area contributed by atoms with E-state index in [0.29, 0.717) is 6.04 Å². The van der Waals surface area contributed by atoms with Crippen LogP contribution in [0, 0.1) is 0 Å². The molecule has 0 unspecified atom stereocenters. The van der Waals surface area contributed by atoms with Crippen LogP contribution in [0.3, 0.4) is 0 Å². The lowest BCUT2D eigenvalue weighted by Crippen LogP contribution is -2.39. The number of benzene rings is 1. The van der Waals surface area contributed by atoms with Crippen LogP contribution in [0.5, 0.6) is 5.75 Å². The number of nitrogens with one attached hydrogen (secondary N) is 2. The highest BCUT2D eigenvalue weighted by Gasteiger charge is 2.15. The third kappa shape index (κ3) is 4.88. The van der Waals surface area contributed by atoms with E-state index in [0.717, 1.165) is 33.2 Å². The molecule has 0 radical (unpaired) electrons. The molecule has 0 bridgehead atoms. The number of hydrogen-bond acceptors (Lipinski definition) is 3. The molecule has 6 heteroatoms. The molecule has 2 rings (SSSR count). The predicted octanol–water partition coefficient (Wildman–Crippen LogP) is 4.08. The molecule has 0 saturated heterocycles. The second-order valence-corrected chi connectivity index (χ2v) is 6.93. The van der Waals surface area contributed by atoms with Crippen LogP contribution in [0.1, 0.15) is 32.1 Å². The van der Waals surface area contributed by atoms with Gasteiger partial charge in [0.15, 0.2) is 0 Å².